The first-order chi connectivity index (χ1) is 12.5. The highest BCUT2D eigenvalue weighted by Crippen LogP contribution is 2.43. The lowest BCUT2D eigenvalue weighted by Crippen LogP contribution is -1.92. The normalized spacial score (nSPS) is 11.0. The van der Waals surface area contributed by atoms with Crippen molar-refractivity contribution in [2.75, 3.05) is 11.5 Å². The van der Waals surface area contributed by atoms with Crippen molar-refractivity contribution in [2.24, 2.45) is 0 Å². The highest BCUT2D eigenvalue weighted by Gasteiger charge is 2.15. The van der Waals surface area contributed by atoms with Crippen LogP contribution in [0, 0.1) is 0 Å². The number of benzene rings is 2. The van der Waals surface area contributed by atoms with Gasteiger partial charge in [-0.15, -0.1) is 22.7 Å². The molecule has 0 aliphatic rings. The van der Waals surface area contributed by atoms with Crippen LogP contribution in [0.25, 0.3) is 32.0 Å². The zero-order valence-corrected chi connectivity index (χ0v) is 16.6. The molecule has 0 amide bonds. The van der Waals surface area contributed by atoms with E-state index in [0.29, 0.717) is 11.4 Å². The first kappa shape index (κ1) is 17.4. The van der Waals surface area contributed by atoms with Gasteiger partial charge in [0, 0.05) is 43.0 Å². The van der Waals surface area contributed by atoms with E-state index in [-0.39, 0.29) is 0 Å². The van der Waals surface area contributed by atoms with Gasteiger partial charge in [0.15, 0.2) is 0 Å². The predicted octanol–water partition coefficient (Wildman–Crippen LogP) is 7.28. The van der Waals surface area contributed by atoms with Gasteiger partial charge < -0.3 is 11.5 Å². The predicted molar refractivity (Wildman–Crippen MR) is 117 cm³/mol. The standard InChI is InChI=1S/C20H14Cl2N2S2/c21-11-5-19(25-9-11)17-7-13(23)1-3-15(17)16-4-2-14(24)8-18(16)20-6-12(22)10-26-20/h1-10H,23-24H2. The molecular weight excluding hydrogens is 403 g/mol. The Morgan fingerprint density at radius 2 is 1.00 bits per heavy atom. The first-order valence-corrected chi connectivity index (χ1v) is 10.3. The maximum absolute atomic E-state index is 6.15. The largest absolute Gasteiger partial charge is 0.399 e. The molecule has 0 unspecified atom stereocenters. The Balaban J connectivity index is 1.97. The van der Waals surface area contributed by atoms with Crippen LogP contribution in [0.1, 0.15) is 0 Å². The van der Waals surface area contributed by atoms with Crippen molar-refractivity contribution in [1.29, 1.82) is 0 Å². The maximum Gasteiger partial charge on any atom is 0.0519 e. The topological polar surface area (TPSA) is 52.0 Å². The van der Waals surface area contributed by atoms with Crippen molar-refractivity contribution < 1.29 is 0 Å². The van der Waals surface area contributed by atoms with Gasteiger partial charge in [-0.25, -0.2) is 0 Å². The molecule has 6 heteroatoms. The number of hydrogen-bond donors (Lipinski definition) is 2. The molecule has 2 aromatic carbocycles. The molecule has 130 valence electrons. The number of thiophene rings is 2. The Labute approximate surface area is 169 Å². The highest BCUT2D eigenvalue weighted by molar-refractivity contribution is 7.14. The summed E-state index contributed by atoms with van der Waals surface area (Å²) < 4.78 is 0. The van der Waals surface area contributed by atoms with Crippen LogP contribution in [0.3, 0.4) is 0 Å². The molecule has 26 heavy (non-hydrogen) atoms. The van der Waals surface area contributed by atoms with Gasteiger partial charge in [0.1, 0.15) is 0 Å². The van der Waals surface area contributed by atoms with Gasteiger partial charge >= 0.3 is 0 Å². The van der Waals surface area contributed by atoms with E-state index in [9.17, 15) is 0 Å². The van der Waals surface area contributed by atoms with E-state index in [1.165, 1.54) is 0 Å². The summed E-state index contributed by atoms with van der Waals surface area (Å²) in [4.78, 5) is 2.15. The minimum Gasteiger partial charge on any atom is -0.399 e. The number of nitrogen functional groups attached to an aromatic ring is 2. The van der Waals surface area contributed by atoms with Crippen LogP contribution in [0.5, 0.6) is 0 Å². The summed E-state index contributed by atoms with van der Waals surface area (Å²) in [5.74, 6) is 0. The number of halogens is 2. The molecule has 0 atom stereocenters. The molecule has 2 heterocycles. The Kier molecular flexibility index (Phi) is 4.67. The smallest absolute Gasteiger partial charge is 0.0519 e. The average Bonchev–Trinajstić information content (AvgIpc) is 3.23. The van der Waals surface area contributed by atoms with E-state index in [1.807, 2.05) is 59.3 Å². The Morgan fingerprint density at radius 3 is 1.35 bits per heavy atom. The van der Waals surface area contributed by atoms with E-state index in [2.05, 4.69) is 0 Å². The third-order valence-electron chi connectivity index (χ3n) is 4.04. The van der Waals surface area contributed by atoms with Crippen LogP contribution < -0.4 is 11.5 Å². The summed E-state index contributed by atoms with van der Waals surface area (Å²) in [7, 11) is 0. The molecule has 4 N–H and O–H groups in total. The van der Waals surface area contributed by atoms with Gasteiger partial charge in [-0.1, -0.05) is 35.3 Å². The van der Waals surface area contributed by atoms with Crippen molar-refractivity contribution >= 4 is 57.3 Å². The van der Waals surface area contributed by atoms with Crippen molar-refractivity contribution in [2.45, 2.75) is 0 Å². The molecule has 4 aromatic rings. The summed E-state index contributed by atoms with van der Waals surface area (Å²) in [5, 5.41) is 5.29. The highest BCUT2D eigenvalue weighted by atomic mass is 35.5. The number of anilines is 2. The summed E-state index contributed by atoms with van der Waals surface area (Å²) >= 11 is 15.5. The molecule has 0 aliphatic carbocycles. The van der Waals surface area contributed by atoms with Gasteiger partial charge in [-0.3, -0.25) is 0 Å². The van der Waals surface area contributed by atoms with Crippen molar-refractivity contribution in [3.05, 3.63) is 69.3 Å². The molecule has 2 nitrogen and oxygen atoms in total. The lowest BCUT2D eigenvalue weighted by atomic mass is 9.93. The SMILES string of the molecule is Nc1ccc(-c2ccc(N)cc2-c2cc(Cl)cs2)c(-c2cc(Cl)cs2)c1. The summed E-state index contributed by atoms with van der Waals surface area (Å²) in [6.45, 7) is 0. The molecule has 0 saturated carbocycles. The van der Waals surface area contributed by atoms with Crippen LogP contribution in [0.2, 0.25) is 10.0 Å². The molecule has 0 radical (unpaired) electrons. The second-order valence-corrected chi connectivity index (χ2v) is 8.56. The molecule has 0 saturated heterocycles. The van der Waals surface area contributed by atoms with E-state index in [1.54, 1.807) is 22.7 Å². The molecule has 4 rings (SSSR count). The third-order valence-corrected chi connectivity index (χ3v) is 6.67. The summed E-state index contributed by atoms with van der Waals surface area (Å²) in [6.07, 6.45) is 0. The maximum atomic E-state index is 6.15. The fourth-order valence-corrected chi connectivity index (χ4v) is 5.12. The quantitative estimate of drug-likeness (QED) is 0.344. The Morgan fingerprint density at radius 1 is 0.577 bits per heavy atom. The minimum atomic E-state index is 0.712. The number of nitrogens with two attached hydrogens (primary N) is 2. The first-order valence-electron chi connectivity index (χ1n) is 7.79. The van der Waals surface area contributed by atoms with Gasteiger partial charge in [-0.2, -0.15) is 0 Å². The third kappa shape index (κ3) is 3.33. The fourth-order valence-electron chi connectivity index (χ4n) is 2.91. The fraction of sp³-hybridized carbons (Fsp3) is 0. The van der Waals surface area contributed by atoms with E-state index in [0.717, 1.165) is 42.1 Å². The molecule has 0 bridgehead atoms. The molecule has 0 fully saturated rings. The summed E-state index contributed by atoms with van der Waals surface area (Å²) in [5.41, 5.74) is 17.8. The molecule has 2 aromatic heterocycles. The van der Waals surface area contributed by atoms with Gasteiger partial charge in [0.05, 0.1) is 10.0 Å². The molecule has 0 aliphatic heterocycles. The number of rotatable bonds is 3. The van der Waals surface area contributed by atoms with Crippen LogP contribution in [-0.2, 0) is 0 Å². The lowest BCUT2D eigenvalue weighted by molar-refractivity contribution is 1.60. The van der Waals surface area contributed by atoms with Crippen molar-refractivity contribution in [3.63, 3.8) is 0 Å². The van der Waals surface area contributed by atoms with E-state index >= 15 is 0 Å². The van der Waals surface area contributed by atoms with Gasteiger partial charge in [0.2, 0.25) is 0 Å². The van der Waals surface area contributed by atoms with Crippen LogP contribution in [-0.4, -0.2) is 0 Å². The summed E-state index contributed by atoms with van der Waals surface area (Å²) in [6, 6.07) is 15.8. The average molecular weight is 417 g/mol. The Bertz CT molecular complexity index is 1010. The molecular formula is C20H14Cl2N2S2. The van der Waals surface area contributed by atoms with Gasteiger partial charge in [0.25, 0.3) is 0 Å². The second kappa shape index (κ2) is 6.97. The van der Waals surface area contributed by atoms with Crippen LogP contribution in [0.4, 0.5) is 11.4 Å². The molecule has 0 spiro atoms. The zero-order valence-electron chi connectivity index (χ0n) is 13.5. The second-order valence-electron chi connectivity index (χ2n) is 5.87. The van der Waals surface area contributed by atoms with Crippen LogP contribution >= 0.6 is 45.9 Å². The van der Waals surface area contributed by atoms with Gasteiger partial charge in [-0.05, 0) is 47.5 Å². The van der Waals surface area contributed by atoms with E-state index < -0.39 is 0 Å². The monoisotopic (exact) mass is 416 g/mol. The Hall–Kier alpha value is -1.98. The number of hydrogen-bond acceptors (Lipinski definition) is 4. The van der Waals surface area contributed by atoms with Crippen LogP contribution in [0.15, 0.2) is 59.3 Å². The lowest BCUT2D eigenvalue weighted by Gasteiger charge is -2.14. The van der Waals surface area contributed by atoms with E-state index in [4.69, 9.17) is 34.7 Å². The van der Waals surface area contributed by atoms with Crippen molar-refractivity contribution in [1.82, 2.24) is 0 Å². The zero-order chi connectivity index (χ0) is 18.3. The van der Waals surface area contributed by atoms with Crippen molar-refractivity contribution in [3.8, 4) is 32.0 Å². The minimum absolute atomic E-state index is 0.712.